The van der Waals surface area contributed by atoms with Crippen LogP contribution in [-0.4, -0.2) is 76.1 Å². The number of nitrogens with one attached hydrogen (secondary N) is 2. The molecule has 0 amide bonds. The minimum absolute atomic E-state index is 0.0276. The average Bonchev–Trinajstić information content (AvgIpc) is 3.34. The van der Waals surface area contributed by atoms with Crippen LogP contribution >= 0.6 is 0 Å². The van der Waals surface area contributed by atoms with Crippen LogP contribution in [0.3, 0.4) is 0 Å². The fourth-order valence-electron chi connectivity index (χ4n) is 5.07. The molecule has 1 aromatic carbocycles. The zero-order valence-electron chi connectivity index (χ0n) is 27.4. The van der Waals surface area contributed by atoms with Gasteiger partial charge in [0, 0.05) is 42.4 Å². The van der Waals surface area contributed by atoms with Crippen molar-refractivity contribution in [1.82, 2.24) is 34.7 Å². The summed E-state index contributed by atoms with van der Waals surface area (Å²) in [6, 6.07) is 1.66. The van der Waals surface area contributed by atoms with E-state index < -0.39 is 35.5 Å². The first-order valence-electron chi connectivity index (χ1n) is 15.1. The van der Waals surface area contributed by atoms with Crippen LogP contribution in [0.15, 0.2) is 23.1 Å². The molecule has 2 fully saturated rings. The van der Waals surface area contributed by atoms with E-state index in [0.29, 0.717) is 12.8 Å². The molecular formula is C27H35FN10O3. The van der Waals surface area contributed by atoms with Crippen molar-refractivity contribution >= 4 is 23.1 Å². The second-order valence-corrected chi connectivity index (χ2v) is 11.5. The number of benzene rings is 1. The predicted molar refractivity (Wildman–Crippen MR) is 150 cm³/mol. The summed E-state index contributed by atoms with van der Waals surface area (Å²) in [6.07, 6.45) is 0.153. The van der Waals surface area contributed by atoms with E-state index in [1.807, 2.05) is 13.8 Å². The summed E-state index contributed by atoms with van der Waals surface area (Å²) in [5.41, 5.74) is -2.55. The number of rotatable bonds is 8. The number of aromatic nitrogens is 6. The molecule has 218 valence electrons. The lowest BCUT2D eigenvalue weighted by Gasteiger charge is -2.48. The van der Waals surface area contributed by atoms with Gasteiger partial charge in [-0.3, -0.25) is 4.90 Å². The molecular weight excluding hydrogens is 531 g/mol. The number of hydrogen-bond donors (Lipinski definition) is 3. The smallest absolute Gasteiger partial charge is 0.368 e. The van der Waals surface area contributed by atoms with Gasteiger partial charge in [-0.25, -0.2) is 24.0 Å². The van der Waals surface area contributed by atoms with Crippen LogP contribution in [0.25, 0.3) is 10.5 Å². The van der Waals surface area contributed by atoms with E-state index in [9.17, 15) is 9.90 Å². The SMILES string of the molecule is [2H]C1([2H])C[C@H]2C[C@@H](Nc3nc(Nc4cc(-n5nnn(C)c5=O)c(OCC(C)(C)O)cc4F)ncc3[N+]#[C-])CC(C)(C)N2C1([2H])[2H]. The molecule has 41 heavy (non-hydrogen) atoms. The van der Waals surface area contributed by atoms with Crippen LogP contribution in [-0.2, 0) is 7.05 Å². The first-order chi connectivity index (χ1) is 20.8. The summed E-state index contributed by atoms with van der Waals surface area (Å²) >= 11 is 0. The maximum absolute atomic E-state index is 15.4. The Bertz CT molecular complexity index is 1720. The van der Waals surface area contributed by atoms with Gasteiger partial charge in [-0.15, -0.1) is 0 Å². The van der Waals surface area contributed by atoms with Crippen molar-refractivity contribution in [3.8, 4) is 11.4 Å². The van der Waals surface area contributed by atoms with E-state index in [0.717, 1.165) is 15.4 Å². The fraction of sp³-hybridized carbons (Fsp3) is 0.556. The number of ether oxygens (including phenoxy) is 1. The average molecular weight is 571 g/mol. The van der Waals surface area contributed by atoms with E-state index in [4.69, 9.17) is 16.8 Å². The van der Waals surface area contributed by atoms with Gasteiger partial charge in [0.05, 0.1) is 17.9 Å². The number of tetrazole rings is 1. The van der Waals surface area contributed by atoms with E-state index in [2.05, 4.69) is 35.9 Å². The summed E-state index contributed by atoms with van der Waals surface area (Å²) in [6.45, 7) is 12.0. The maximum Gasteiger partial charge on any atom is 0.368 e. The van der Waals surface area contributed by atoms with Gasteiger partial charge in [0.1, 0.15) is 23.9 Å². The number of nitrogens with zero attached hydrogens (tertiary/aromatic N) is 8. The van der Waals surface area contributed by atoms with Crippen molar-refractivity contribution in [2.75, 3.05) is 23.7 Å². The molecule has 0 unspecified atom stereocenters. The monoisotopic (exact) mass is 570 g/mol. The van der Waals surface area contributed by atoms with Crippen molar-refractivity contribution < 1.29 is 19.7 Å². The van der Waals surface area contributed by atoms with Crippen molar-refractivity contribution in [2.24, 2.45) is 7.05 Å². The van der Waals surface area contributed by atoms with Crippen LogP contribution in [0.4, 0.5) is 27.5 Å². The summed E-state index contributed by atoms with van der Waals surface area (Å²) in [5, 5.41) is 23.7. The number of hydrogen-bond acceptors (Lipinski definition) is 10. The lowest BCUT2D eigenvalue weighted by atomic mass is 9.84. The Labute approximate surface area is 242 Å². The van der Waals surface area contributed by atoms with Crippen LogP contribution in [0.2, 0.25) is 0 Å². The maximum atomic E-state index is 15.4. The second-order valence-electron chi connectivity index (χ2n) is 11.5. The molecule has 2 aliphatic heterocycles. The highest BCUT2D eigenvalue weighted by Crippen LogP contribution is 2.39. The number of aryl methyl sites for hydroxylation is 1. The standard InChI is InChI=1S/C27H35FN10O3/c1-26(2)13-16(10-17-8-7-9-37(17)26)31-23-20(29-5)14-30-24(33-23)32-19-12-21(38-25(39)36(6)34-35-38)22(11-18(19)28)41-15-27(3,4)40/h11-12,14,16-17,40H,7-10,13,15H2,1-4,6H3,(H2,30,31,32,33)/t16-,17+/m1/s1/i7D2,9D2. The van der Waals surface area contributed by atoms with Crippen molar-refractivity contribution in [3.05, 3.63) is 46.0 Å². The van der Waals surface area contributed by atoms with Crippen LogP contribution in [0.5, 0.6) is 5.75 Å². The highest BCUT2D eigenvalue weighted by molar-refractivity contribution is 5.69. The first kappa shape index (κ1) is 23.6. The third-order valence-electron chi connectivity index (χ3n) is 6.91. The Balaban J connectivity index is 1.44. The van der Waals surface area contributed by atoms with Crippen LogP contribution in [0.1, 0.15) is 58.8 Å². The summed E-state index contributed by atoms with van der Waals surface area (Å²) in [5.74, 6) is -0.731. The zero-order chi connectivity index (χ0) is 33.1. The van der Waals surface area contributed by atoms with Gasteiger partial charge in [-0.05, 0) is 76.3 Å². The molecule has 0 spiro atoms. The van der Waals surface area contributed by atoms with Gasteiger partial charge in [0.25, 0.3) is 0 Å². The fourth-order valence-corrected chi connectivity index (χ4v) is 5.07. The minimum atomic E-state index is -2.13. The number of fused-ring (bicyclic) bond motifs is 1. The normalized spacial score (nSPS) is 24.2. The molecule has 4 heterocycles. The lowest BCUT2D eigenvalue weighted by Crippen LogP contribution is -2.55. The third-order valence-corrected chi connectivity index (χ3v) is 6.91. The molecule has 0 saturated carbocycles. The van der Waals surface area contributed by atoms with Gasteiger partial charge in [0.2, 0.25) is 11.6 Å². The molecule has 0 radical (unpaired) electrons. The van der Waals surface area contributed by atoms with E-state index in [1.54, 1.807) is 4.90 Å². The Morgan fingerprint density at radius 3 is 2.83 bits per heavy atom. The first-order valence-corrected chi connectivity index (χ1v) is 13.1. The van der Waals surface area contributed by atoms with Crippen LogP contribution < -0.4 is 21.1 Å². The Morgan fingerprint density at radius 1 is 1.37 bits per heavy atom. The minimum Gasteiger partial charge on any atom is -0.488 e. The Hall–Kier alpha value is -4.09. The van der Waals surface area contributed by atoms with E-state index >= 15 is 4.39 Å². The largest absolute Gasteiger partial charge is 0.488 e. The van der Waals surface area contributed by atoms with Crippen molar-refractivity contribution in [3.63, 3.8) is 0 Å². The third kappa shape index (κ3) is 6.01. The Morgan fingerprint density at radius 2 is 2.15 bits per heavy atom. The molecule has 3 aromatic rings. The molecule has 13 nitrogen and oxygen atoms in total. The summed E-state index contributed by atoms with van der Waals surface area (Å²) in [4.78, 5) is 26.4. The molecule has 2 saturated heterocycles. The van der Waals surface area contributed by atoms with Gasteiger partial charge in [-0.2, -0.15) is 9.36 Å². The molecule has 2 atom stereocenters. The molecule has 0 bridgehead atoms. The number of piperidine rings is 1. The predicted octanol–water partition coefficient (Wildman–Crippen LogP) is 3.16. The van der Waals surface area contributed by atoms with Crippen LogP contribution in [0, 0.1) is 12.4 Å². The molecule has 2 aromatic heterocycles. The summed E-state index contributed by atoms with van der Waals surface area (Å²) in [7, 11) is 1.40. The van der Waals surface area contributed by atoms with Gasteiger partial charge in [-0.1, -0.05) is 0 Å². The summed E-state index contributed by atoms with van der Waals surface area (Å²) < 4.78 is 56.5. The second kappa shape index (κ2) is 10.7. The molecule has 3 N–H and O–H groups in total. The zero-order valence-corrected chi connectivity index (χ0v) is 23.4. The van der Waals surface area contributed by atoms with E-state index in [1.165, 1.54) is 33.2 Å². The molecule has 2 aliphatic rings. The number of anilines is 3. The van der Waals surface area contributed by atoms with Gasteiger partial charge >= 0.3 is 5.69 Å². The highest BCUT2D eigenvalue weighted by atomic mass is 19.1. The van der Waals surface area contributed by atoms with Gasteiger partial charge < -0.3 is 20.5 Å². The lowest BCUT2D eigenvalue weighted by molar-refractivity contribution is 0.0283. The van der Waals surface area contributed by atoms with Gasteiger partial charge in [0.15, 0.2) is 5.82 Å². The topological polar surface area (TPSA) is 140 Å². The van der Waals surface area contributed by atoms with Crippen molar-refractivity contribution in [2.45, 2.75) is 76.6 Å². The highest BCUT2D eigenvalue weighted by Gasteiger charge is 2.43. The number of halogens is 1. The number of aliphatic hydroxyl groups is 1. The quantitative estimate of drug-likeness (QED) is 0.346. The molecule has 14 heteroatoms. The molecule has 0 aliphatic carbocycles. The van der Waals surface area contributed by atoms with E-state index in [-0.39, 0.29) is 59.7 Å². The molecule has 5 rings (SSSR count). The Kier molecular flexibility index (Phi) is 6.17. The van der Waals surface area contributed by atoms with Crippen molar-refractivity contribution in [1.29, 1.82) is 0 Å².